The lowest BCUT2D eigenvalue weighted by Gasteiger charge is -2.50. The Morgan fingerprint density at radius 3 is 1.35 bits per heavy atom. The minimum absolute atomic E-state index is 0.870. The van der Waals surface area contributed by atoms with Crippen molar-refractivity contribution in [3.8, 4) is 0 Å². The van der Waals surface area contributed by atoms with Gasteiger partial charge in [0.15, 0.2) is 25.2 Å². The molecule has 2 amide bonds. The number of hydrogen-bond donors (Lipinski definition) is 14. The summed E-state index contributed by atoms with van der Waals surface area (Å²) < 4.78 is 148. The highest BCUT2D eigenvalue weighted by Gasteiger charge is 2.56. The third kappa shape index (κ3) is 14.5. The molecule has 4 heterocycles. The maximum atomic E-state index is 12.4. The maximum Gasteiger partial charge on any atom is 0.397 e. The van der Waals surface area contributed by atoms with Crippen molar-refractivity contribution in [1.29, 1.82) is 0 Å². The van der Waals surface area contributed by atoms with Crippen LogP contribution in [0.3, 0.4) is 0 Å². The lowest BCUT2D eigenvalue weighted by Crippen LogP contribution is -2.70. The molecular weight excluding hydrogens is 940 g/mol. The fraction of sp³-hybridized carbons (Fsp3) is 0.929. The zero-order valence-electron chi connectivity index (χ0n) is 32.3. The van der Waals surface area contributed by atoms with E-state index in [1.807, 2.05) is 0 Å². The first-order valence-electron chi connectivity index (χ1n) is 18.0. The normalized spacial score (nSPS) is 41.7. The monoisotopic (exact) mass is 988 g/mol. The second-order valence-electron chi connectivity index (χ2n) is 14.2. The minimum atomic E-state index is -5.35. The van der Waals surface area contributed by atoms with Crippen LogP contribution in [0.2, 0.25) is 0 Å². The third-order valence-electron chi connectivity index (χ3n) is 9.61. The number of rotatable bonds is 18. The van der Waals surface area contributed by atoms with Gasteiger partial charge in [-0.3, -0.25) is 23.2 Å². The average Bonchev–Trinajstić information content (AvgIpc) is 3.16. The van der Waals surface area contributed by atoms with Crippen LogP contribution >= 0.6 is 0 Å². The van der Waals surface area contributed by atoms with E-state index in [0.717, 1.165) is 13.8 Å². The molecule has 20 atom stereocenters. The number of ether oxygens (including phenoxy) is 7. The van der Waals surface area contributed by atoms with E-state index < -0.39 is 192 Å². The molecule has 0 saturated carbocycles. The lowest BCUT2D eigenvalue weighted by atomic mass is 9.94. The van der Waals surface area contributed by atoms with Crippen LogP contribution < -0.4 is 10.6 Å². The summed E-state index contributed by atoms with van der Waals surface area (Å²) in [6.45, 7) is -3.05. The number of amides is 2. The van der Waals surface area contributed by atoms with Crippen LogP contribution in [0, 0.1) is 0 Å². The molecule has 0 bridgehead atoms. The molecule has 4 aliphatic rings. The van der Waals surface area contributed by atoms with E-state index in [1.54, 1.807) is 0 Å². The van der Waals surface area contributed by atoms with Gasteiger partial charge in [-0.05, 0) is 0 Å². The highest BCUT2D eigenvalue weighted by atomic mass is 32.3. The summed E-state index contributed by atoms with van der Waals surface area (Å²) >= 11 is 0. The first-order chi connectivity index (χ1) is 29.0. The minimum Gasteiger partial charge on any atom is -0.394 e. The van der Waals surface area contributed by atoms with Crippen LogP contribution in [0.4, 0.5) is 0 Å². The summed E-state index contributed by atoms with van der Waals surface area (Å²) in [5.41, 5.74) is 0. The van der Waals surface area contributed by atoms with E-state index in [1.165, 1.54) is 0 Å². The fourth-order valence-corrected chi connectivity index (χ4v) is 7.69. The van der Waals surface area contributed by atoms with Gasteiger partial charge in [0.05, 0.1) is 26.4 Å². The van der Waals surface area contributed by atoms with E-state index in [-0.39, 0.29) is 0 Å². The van der Waals surface area contributed by atoms with Crippen LogP contribution in [0.25, 0.3) is 0 Å². The van der Waals surface area contributed by atoms with Crippen LogP contribution in [-0.4, -0.2) is 246 Å². The predicted molar refractivity (Wildman–Crippen MR) is 188 cm³/mol. The lowest BCUT2D eigenvalue weighted by molar-refractivity contribution is -0.376. The number of carbonyl (C=O) groups is 2. The molecule has 0 spiro atoms. The molecule has 4 fully saturated rings. The first-order valence-corrected chi connectivity index (χ1v) is 22.1. The Hall–Kier alpha value is -2.09. The average molecular weight is 989 g/mol. The number of carbonyl (C=O) groups excluding carboxylic acids is 2. The van der Waals surface area contributed by atoms with Gasteiger partial charge in [0.1, 0.15) is 97.5 Å². The third-order valence-corrected chi connectivity index (χ3v) is 10.9. The Morgan fingerprint density at radius 2 is 0.873 bits per heavy atom. The molecule has 4 rings (SSSR count). The van der Waals surface area contributed by atoms with Crippen molar-refractivity contribution in [2.75, 3.05) is 26.4 Å². The molecule has 0 aromatic rings. The van der Waals surface area contributed by atoms with E-state index in [0.29, 0.717) is 0 Å². The molecule has 4 saturated heterocycles. The Balaban J connectivity index is 1.73. The molecule has 32 nitrogen and oxygen atoms in total. The van der Waals surface area contributed by atoms with Gasteiger partial charge in [-0.1, -0.05) is 0 Å². The fourth-order valence-electron chi connectivity index (χ4n) is 6.77. The summed E-state index contributed by atoms with van der Waals surface area (Å²) in [5.74, 6) is -1.85. The van der Waals surface area contributed by atoms with Crippen molar-refractivity contribution in [3.63, 3.8) is 0 Å². The second-order valence-corrected chi connectivity index (χ2v) is 17.5. The number of aliphatic hydroxyl groups excluding tert-OH is 9. The zero-order valence-corrected chi connectivity index (χ0v) is 34.8. The Labute approximate surface area is 356 Å². The summed E-state index contributed by atoms with van der Waals surface area (Å²) in [7, 11) is -15.9. The topological polar surface area (TPSA) is 496 Å². The Morgan fingerprint density at radius 1 is 0.476 bits per heavy atom. The standard InChI is InChI=1S/C28H48N2O30S3/c1-7(32)29-13-17(36)22(11(54-25(13)41)5-52-62(45,46)47)59-28-21(40)24(16(35)10(56-28)4-51-61(42,43)44)60-26-14(30-8(2)33)18(37)23(12(57-26)6-53-63(48,49)50)58-27-20(39)19(38)15(34)9(3-31)55-27/h9-28,31,34-41H,3-6H2,1-2H3,(H,29,32)(H,30,33)(H,42,43,44)(H,45,46,47)(H,48,49,50)/t9-,10-,11-,12-,13-,14-,15+,16+,17-,18-,19+,20-,21-,22-,23-,24+,25-,26+,27+,28+/m1/s1. The molecule has 0 aromatic heterocycles. The van der Waals surface area contributed by atoms with Gasteiger partial charge in [-0.2, -0.15) is 25.3 Å². The van der Waals surface area contributed by atoms with E-state index in [9.17, 15) is 89.9 Å². The molecule has 0 aromatic carbocycles. The predicted octanol–water partition coefficient (Wildman–Crippen LogP) is -9.98. The van der Waals surface area contributed by atoms with Gasteiger partial charge in [-0.25, -0.2) is 12.5 Å². The molecule has 0 aliphatic carbocycles. The van der Waals surface area contributed by atoms with Gasteiger partial charge < -0.3 is 89.8 Å². The summed E-state index contributed by atoms with van der Waals surface area (Å²) in [6.07, 6.45) is -38.4. The maximum absolute atomic E-state index is 12.4. The van der Waals surface area contributed by atoms with Crippen molar-refractivity contribution in [2.24, 2.45) is 0 Å². The summed E-state index contributed by atoms with van der Waals surface area (Å²) in [4.78, 5) is 24.3. The molecule has 14 N–H and O–H groups in total. The number of nitrogens with one attached hydrogen (secondary N) is 2. The Kier molecular flexibility index (Phi) is 18.4. The van der Waals surface area contributed by atoms with Crippen LogP contribution in [0.1, 0.15) is 13.8 Å². The smallest absolute Gasteiger partial charge is 0.394 e. The van der Waals surface area contributed by atoms with Crippen LogP contribution in [-0.2, 0) is 86.5 Å². The molecule has 35 heteroatoms. The zero-order chi connectivity index (χ0) is 47.5. The Bertz CT molecular complexity index is 1880. The van der Waals surface area contributed by atoms with Crippen molar-refractivity contribution in [3.05, 3.63) is 0 Å². The highest BCUT2D eigenvalue weighted by Crippen LogP contribution is 2.35. The highest BCUT2D eigenvalue weighted by molar-refractivity contribution is 7.81. The summed E-state index contributed by atoms with van der Waals surface area (Å²) in [5, 5.41) is 101. The molecule has 0 unspecified atom stereocenters. The first kappa shape index (κ1) is 53.5. The van der Waals surface area contributed by atoms with Gasteiger partial charge in [0.25, 0.3) is 0 Å². The molecule has 4 aliphatic heterocycles. The van der Waals surface area contributed by atoms with Gasteiger partial charge in [0, 0.05) is 13.8 Å². The van der Waals surface area contributed by atoms with E-state index >= 15 is 0 Å². The van der Waals surface area contributed by atoms with Gasteiger partial charge in [-0.15, -0.1) is 0 Å². The van der Waals surface area contributed by atoms with Crippen molar-refractivity contribution in [1.82, 2.24) is 10.6 Å². The molecular formula is C28H48N2O30S3. The van der Waals surface area contributed by atoms with Gasteiger partial charge in [0.2, 0.25) is 11.8 Å². The largest absolute Gasteiger partial charge is 0.397 e. The van der Waals surface area contributed by atoms with Crippen LogP contribution in [0.5, 0.6) is 0 Å². The van der Waals surface area contributed by atoms with Gasteiger partial charge >= 0.3 is 31.2 Å². The second kappa shape index (κ2) is 21.7. The SMILES string of the molecule is CC(=O)N[C@@H]1[C@@H](O)[C@H](O[C@@H]2O[C@H](COS(=O)(=O)O)[C@H](O)[C@H](O[C@@H]3O[C@H](COS(=O)(=O)O)[C@@H](O[C@@H]4O[C@H](CO)[C@H](O)[C@H](O)[C@H]4O)[C@H](O)[C@H]3NC(C)=O)[C@H]2O)[C@@H](COS(=O)(=O)O)O[C@H]1O. The van der Waals surface area contributed by atoms with Crippen molar-refractivity contribution >= 4 is 43.0 Å². The van der Waals surface area contributed by atoms with Crippen molar-refractivity contribution in [2.45, 2.75) is 137 Å². The molecule has 0 radical (unpaired) electrons. The van der Waals surface area contributed by atoms with E-state index in [4.69, 9.17) is 37.7 Å². The van der Waals surface area contributed by atoms with Crippen molar-refractivity contribution < 1.29 is 140 Å². The number of aliphatic hydroxyl groups is 9. The molecule has 63 heavy (non-hydrogen) atoms. The quantitative estimate of drug-likeness (QED) is 0.0567. The molecule has 368 valence electrons. The summed E-state index contributed by atoms with van der Waals surface area (Å²) in [6, 6.07) is -3.77. The van der Waals surface area contributed by atoms with E-state index in [2.05, 4.69) is 23.2 Å². The number of hydrogen-bond acceptors (Lipinski definition) is 27. The van der Waals surface area contributed by atoms with Crippen LogP contribution in [0.15, 0.2) is 0 Å².